The minimum Gasteiger partial charge on any atom is -0.384 e. The Labute approximate surface area is 95.1 Å². The van der Waals surface area contributed by atoms with Gasteiger partial charge in [-0.25, -0.2) is 0 Å². The second-order valence-corrected chi connectivity index (χ2v) is 4.29. The molecule has 1 amide bonds. The van der Waals surface area contributed by atoms with Crippen LogP contribution >= 0.6 is 0 Å². The number of anilines is 1. The summed E-state index contributed by atoms with van der Waals surface area (Å²) in [5.41, 5.74) is 6.05. The topological polar surface area (TPSA) is 78.9 Å². The monoisotopic (exact) mass is 217 g/mol. The Bertz CT molecular complexity index is 432. The van der Waals surface area contributed by atoms with Crippen LogP contribution in [0.3, 0.4) is 0 Å². The average Bonchev–Trinajstić information content (AvgIpc) is 2.26. The summed E-state index contributed by atoms with van der Waals surface area (Å²) in [7, 11) is 0. The highest BCUT2D eigenvalue weighted by Gasteiger charge is 2.24. The van der Waals surface area contributed by atoms with Crippen molar-refractivity contribution in [3.63, 3.8) is 0 Å². The molecule has 0 fully saturated rings. The molecular formula is C12H15N3O. The first kappa shape index (κ1) is 12.1. The quantitative estimate of drug-likeness (QED) is 0.801. The van der Waals surface area contributed by atoms with Crippen LogP contribution in [-0.2, 0) is 4.79 Å². The molecule has 0 aliphatic rings. The summed E-state index contributed by atoms with van der Waals surface area (Å²) in [5, 5.41) is 11.8. The summed E-state index contributed by atoms with van der Waals surface area (Å²) in [5.74, 6) is -0.351. The zero-order chi connectivity index (χ0) is 12.2. The number of nitrogens with two attached hydrogens (primary N) is 1. The van der Waals surface area contributed by atoms with Crippen LogP contribution in [0.2, 0.25) is 0 Å². The molecule has 0 saturated heterocycles. The molecule has 0 radical (unpaired) electrons. The van der Waals surface area contributed by atoms with Crippen LogP contribution in [0, 0.1) is 16.7 Å². The number of amides is 1. The number of rotatable bonds is 4. The van der Waals surface area contributed by atoms with Crippen LogP contribution in [0.4, 0.5) is 5.69 Å². The lowest BCUT2D eigenvalue weighted by Gasteiger charge is -2.21. The van der Waals surface area contributed by atoms with Crippen LogP contribution in [0.25, 0.3) is 0 Å². The fourth-order valence-electron chi connectivity index (χ4n) is 1.11. The first-order chi connectivity index (χ1) is 7.45. The molecule has 0 aliphatic heterocycles. The average molecular weight is 217 g/mol. The maximum absolute atomic E-state index is 11.1. The van der Waals surface area contributed by atoms with Crippen molar-refractivity contribution >= 4 is 11.6 Å². The Kier molecular flexibility index (Phi) is 3.51. The predicted octanol–water partition coefficient (Wildman–Crippen LogP) is 1.48. The molecule has 0 aliphatic carbocycles. The lowest BCUT2D eigenvalue weighted by Crippen LogP contribution is -2.37. The first-order valence-electron chi connectivity index (χ1n) is 4.99. The van der Waals surface area contributed by atoms with E-state index in [0.717, 1.165) is 5.69 Å². The van der Waals surface area contributed by atoms with Gasteiger partial charge < -0.3 is 11.1 Å². The third-order valence-corrected chi connectivity index (χ3v) is 2.39. The number of primary amides is 1. The van der Waals surface area contributed by atoms with Gasteiger partial charge in [0, 0.05) is 12.2 Å². The lowest BCUT2D eigenvalue weighted by atomic mass is 9.92. The number of carbonyl (C=O) groups excluding carboxylic acids is 1. The van der Waals surface area contributed by atoms with Crippen molar-refractivity contribution in [2.24, 2.45) is 11.1 Å². The molecular weight excluding hydrogens is 202 g/mol. The van der Waals surface area contributed by atoms with Crippen LogP contribution < -0.4 is 11.1 Å². The molecule has 0 unspecified atom stereocenters. The third-order valence-electron chi connectivity index (χ3n) is 2.39. The fourth-order valence-corrected chi connectivity index (χ4v) is 1.11. The van der Waals surface area contributed by atoms with Gasteiger partial charge in [-0.05, 0) is 32.0 Å². The first-order valence-corrected chi connectivity index (χ1v) is 4.99. The maximum atomic E-state index is 11.1. The van der Waals surface area contributed by atoms with E-state index in [1.165, 1.54) is 0 Å². The predicted molar refractivity (Wildman–Crippen MR) is 62.6 cm³/mol. The highest BCUT2D eigenvalue weighted by Crippen LogP contribution is 2.16. The van der Waals surface area contributed by atoms with Gasteiger partial charge in [0.25, 0.3) is 0 Å². The van der Waals surface area contributed by atoms with Gasteiger partial charge in [-0.3, -0.25) is 4.79 Å². The minimum atomic E-state index is -0.608. The number of nitriles is 1. The largest absolute Gasteiger partial charge is 0.384 e. The van der Waals surface area contributed by atoms with Crippen LogP contribution in [0.1, 0.15) is 19.4 Å². The molecule has 1 aromatic rings. The number of benzene rings is 1. The molecule has 0 spiro atoms. The normalized spacial score (nSPS) is 10.6. The van der Waals surface area contributed by atoms with Crippen molar-refractivity contribution in [2.45, 2.75) is 13.8 Å². The van der Waals surface area contributed by atoms with E-state index in [4.69, 9.17) is 11.0 Å². The molecule has 1 aromatic carbocycles. The number of nitrogens with zero attached hydrogens (tertiary/aromatic N) is 1. The molecule has 0 saturated carbocycles. The molecule has 3 N–H and O–H groups in total. The third kappa shape index (κ3) is 2.99. The van der Waals surface area contributed by atoms with Crippen LogP contribution in [0.15, 0.2) is 24.3 Å². The number of hydrogen-bond acceptors (Lipinski definition) is 3. The Morgan fingerprint density at radius 3 is 2.81 bits per heavy atom. The summed E-state index contributed by atoms with van der Waals surface area (Å²) < 4.78 is 0. The van der Waals surface area contributed by atoms with Crippen LogP contribution in [0.5, 0.6) is 0 Å². The molecule has 4 heteroatoms. The van der Waals surface area contributed by atoms with Crippen molar-refractivity contribution in [1.29, 1.82) is 5.26 Å². The van der Waals surface area contributed by atoms with Crippen molar-refractivity contribution in [1.82, 2.24) is 0 Å². The second kappa shape index (κ2) is 4.67. The van der Waals surface area contributed by atoms with E-state index in [1.807, 2.05) is 6.07 Å². The van der Waals surface area contributed by atoms with E-state index in [2.05, 4.69) is 11.4 Å². The maximum Gasteiger partial charge on any atom is 0.224 e. The van der Waals surface area contributed by atoms with E-state index in [0.29, 0.717) is 12.1 Å². The number of hydrogen-bond donors (Lipinski definition) is 2. The Balaban J connectivity index is 2.69. The van der Waals surface area contributed by atoms with E-state index >= 15 is 0 Å². The zero-order valence-corrected chi connectivity index (χ0v) is 9.45. The molecule has 84 valence electrons. The Hall–Kier alpha value is -2.02. The molecule has 1 rings (SSSR count). The molecule has 0 atom stereocenters. The summed E-state index contributed by atoms with van der Waals surface area (Å²) >= 11 is 0. The molecule has 16 heavy (non-hydrogen) atoms. The smallest absolute Gasteiger partial charge is 0.224 e. The lowest BCUT2D eigenvalue weighted by molar-refractivity contribution is -0.125. The van der Waals surface area contributed by atoms with Gasteiger partial charge in [0.15, 0.2) is 0 Å². The molecule has 0 heterocycles. The van der Waals surface area contributed by atoms with Crippen molar-refractivity contribution < 1.29 is 4.79 Å². The molecule has 0 aromatic heterocycles. The van der Waals surface area contributed by atoms with Crippen molar-refractivity contribution in [3.8, 4) is 6.07 Å². The second-order valence-electron chi connectivity index (χ2n) is 4.29. The van der Waals surface area contributed by atoms with Gasteiger partial charge >= 0.3 is 0 Å². The minimum absolute atomic E-state index is 0.351. The SMILES string of the molecule is CC(C)(CNc1cccc(C#N)c1)C(N)=O. The fraction of sp³-hybridized carbons (Fsp3) is 0.333. The van der Waals surface area contributed by atoms with E-state index < -0.39 is 5.41 Å². The van der Waals surface area contributed by atoms with Gasteiger partial charge in [-0.15, -0.1) is 0 Å². The summed E-state index contributed by atoms with van der Waals surface area (Å²) in [6.07, 6.45) is 0. The van der Waals surface area contributed by atoms with E-state index in [1.54, 1.807) is 32.0 Å². The molecule has 4 nitrogen and oxygen atoms in total. The summed E-state index contributed by atoms with van der Waals surface area (Å²) in [6.45, 7) is 3.99. The zero-order valence-electron chi connectivity index (χ0n) is 9.45. The van der Waals surface area contributed by atoms with E-state index in [-0.39, 0.29) is 5.91 Å². The Morgan fingerprint density at radius 1 is 1.56 bits per heavy atom. The van der Waals surface area contributed by atoms with Gasteiger partial charge in [-0.2, -0.15) is 5.26 Å². The highest BCUT2D eigenvalue weighted by atomic mass is 16.1. The number of carbonyl (C=O) groups is 1. The van der Waals surface area contributed by atoms with E-state index in [9.17, 15) is 4.79 Å². The Morgan fingerprint density at radius 2 is 2.25 bits per heavy atom. The van der Waals surface area contributed by atoms with Gasteiger partial charge in [0.1, 0.15) is 0 Å². The highest BCUT2D eigenvalue weighted by molar-refractivity contribution is 5.80. The van der Waals surface area contributed by atoms with Gasteiger partial charge in [0.2, 0.25) is 5.91 Å². The van der Waals surface area contributed by atoms with Crippen molar-refractivity contribution in [3.05, 3.63) is 29.8 Å². The van der Waals surface area contributed by atoms with Gasteiger partial charge in [0.05, 0.1) is 17.0 Å². The summed E-state index contributed by atoms with van der Waals surface area (Å²) in [4.78, 5) is 11.1. The molecule has 0 bridgehead atoms. The van der Waals surface area contributed by atoms with Crippen molar-refractivity contribution in [2.75, 3.05) is 11.9 Å². The van der Waals surface area contributed by atoms with Crippen LogP contribution in [-0.4, -0.2) is 12.5 Å². The summed E-state index contributed by atoms with van der Waals surface area (Å²) in [6, 6.07) is 9.15. The van der Waals surface area contributed by atoms with Gasteiger partial charge in [-0.1, -0.05) is 6.07 Å². The number of nitrogens with one attached hydrogen (secondary N) is 1. The standard InChI is InChI=1S/C12H15N3O/c1-12(2,11(14)16)8-15-10-5-3-4-9(6-10)7-13/h3-6,15H,8H2,1-2H3,(H2,14,16).